The Kier molecular flexibility index (Phi) is 10.2. The molecule has 39 heavy (non-hydrogen) atoms. The molecule has 4 rings (SSSR count). The molecule has 3 saturated heterocycles. The summed E-state index contributed by atoms with van der Waals surface area (Å²) in [6.45, 7) is -2.78. The van der Waals surface area contributed by atoms with E-state index in [0.717, 1.165) is 5.56 Å². The van der Waals surface area contributed by atoms with Crippen LogP contribution in [-0.4, -0.2) is 152 Å². The molecule has 3 aliphatic rings. The maximum absolute atomic E-state index is 11.0. The van der Waals surface area contributed by atoms with Crippen molar-refractivity contribution in [2.24, 2.45) is 0 Å². The Balaban J connectivity index is 1.61. The number of rotatable bonds is 10. The Labute approximate surface area is 223 Å². The summed E-state index contributed by atoms with van der Waals surface area (Å²) in [7, 11) is 0. The summed E-state index contributed by atoms with van der Waals surface area (Å²) in [6.07, 6.45) is -18.9. The van der Waals surface area contributed by atoms with Gasteiger partial charge in [0, 0.05) is 0 Å². The average molecular weight is 565 g/mol. The van der Waals surface area contributed by atoms with E-state index in [0.29, 0.717) is 0 Å². The number of aliphatic hydroxyl groups excluding tert-OH is 8. The molecule has 1 aromatic rings. The van der Waals surface area contributed by atoms with Crippen molar-refractivity contribution < 1.29 is 74.4 Å². The smallest absolute Gasteiger partial charge is 0.187 e. The van der Waals surface area contributed by atoms with Gasteiger partial charge in [0.25, 0.3) is 0 Å². The van der Waals surface area contributed by atoms with E-state index in [1.807, 2.05) is 0 Å². The first kappa shape index (κ1) is 30.6. The molecule has 9 N–H and O–H groups in total. The van der Waals surface area contributed by atoms with Gasteiger partial charge in [-0.3, -0.25) is 0 Å². The molecule has 0 saturated carbocycles. The SMILES string of the molecule is OC[C@H]1O[C@@H](O[C@H]2[C@H](O)[C@@H](CO)O[C@@H](OCc3ccccc3)[C@@H]2O[C@@H]2OC[C@](O)(CO)[C@H]2O)[C@H](O)[C@@H](O)[C@@H]1O. The summed E-state index contributed by atoms with van der Waals surface area (Å²) in [5.41, 5.74) is -1.31. The van der Waals surface area contributed by atoms with Crippen LogP contribution in [0.2, 0.25) is 0 Å². The van der Waals surface area contributed by atoms with Crippen molar-refractivity contribution >= 4 is 0 Å². The Morgan fingerprint density at radius 3 is 1.97 bits per heavy atom. The second kappa shape index (κ2) is 13.1. The van der Waals surface area contributed by atoms with Crippen LogP contribution in [0.1, 0.15) is 5.56 Å². The van der Waals surface area contributed by atoms with Gasteiger partial charge in [0.15, 0.2) is 18.9 Å². The number of aliphatic hydroxyl groups is 9. The van der Waals surface area contributed by atoms with Gasteiger partial charge in [-0.25, -0.2) is 0 Å². The number of benzene rings is 1. The van der Waals surface area contributed by atoms with Gasteiger partial charge >= 0.3 is 0 Å². The van der Waals surface area contributed by atoms with Gasteiger partial charge in [-0.05, 0) is 5.56 Å². The van der Waals surface area contributed by atoms with Crippen molar-refractivity contribution in [1.29, 1.82) is 0 Å². The zero-order chi connectivity index (χ0) is 28.3. The highest BCUT2D eigenvalue weighted by molar-refractivity contribution is 5.13. The Morgan fingerprint density at radius 1 is 0.744 bits per heavy atom. The Hall–Kier alpha value is -1.38. The zero-order valence-corrected chi connectivity index (χ0v) is 20.8. The van der Waals surface area contributed by atoms with Gasteiger partial charge in [0.1, 0.15) is 60.5 Å². The minimum Gasteiger partial charge on any atom is -0.394 e. The minimum absolute atomic E-state index is 0.0268. The van der Waals surface area contributed by atoms with Gasteiger partial charge in [0.2, 0.25) is 0 Å². The predicted octanol–water partition coefficient (Wildman–Crippen LogP) is -4.71. The molecule has 0 unspecified atom stereocenters. The van der Waals surface area contributed by atoms with Crippen LogP contribution in [0.4, 0.5) is 0 Å². The van der Waals surface area contributed by atoms with Crippen LogP contribution in [0.25, 0.3) is 0 Å². The summed E-state index contributed by atoms with van der Waals surface area (Å²) in [5, 5.41) is 91.6. The van der Waals surface area contributed by atoms with E-state index in [1.54, 1.807) is 30.3 Å². The van der Waals surface area contributed by atoms with Crippen LogP contribution in [0.3, 0.4) is 0 Å². The maximum atomic E-state index is 11.0. The van der Waals surface area contributed by atoms with Crippen molar-refractivity contribution in [2.75, 3.05) is 26.4 Å². The van der Waals surface area contributed by atoms with Crippen molar-refractivity contribution in [3.63, 3.8) is 0 Å². The van der Waals surface area contributed by atoms with E-state index in [2.05, 4.69) is 0 Å². The molecule has 15 nitrogen and oxygen atoms in total. The van der Waals surface area contributed by atoms with Crippen LogP contribution in [0, 0.1) is 0 Å². The topological polar surface area (TPSA) is 237 Å². The molecule has 0 aromatic heterocycles. The summed E-state index contributed by atoms with van der Waals surface area (Å²) >= 11 is 0. The molecule has 0 radical (unpaired) electrons. The second-order valence-corrected chi connectivity index (χ2v) is 9.80. The Bertz CT molecular complexity index is 892. The lowest BCUT2D eigenvalue weighted by Gasteiger charge is -2.47. The van der Waals surface area contributed by atoms with E-state index in [4.69, 9.17) is 28.4 Å². The van der Waals surface area contributed by atoms with Crippen molar-refractivity contribution in [1.82, 2.24) is 0 Å². The third kappa shape index (κ3) is 6.43. The fourth-order valence-electron chi connectivity index (χ4n) is 4.63. The molecule has 1 aromatic carbocycles. The Morgan fingerprint density at radius 2 is 1.36 bits per heavy atom. The molecule has 3 heterocycles. The van der Waals surface area contributed by atoms with Crippen LogP contribution in [0.15, 0.2) is 30.3 Å². The number of hydrogen-bond donors (Lipinski definition) is 9. The standard InChI is InChI=1S/C24H36O15/c25-6-12-14(28)16(30)17(31)21(36-12)38-18-15(29)13(7-26)37-22(34-8-11-4-2-1-3-5-11)19(18)39-23-20(32)24(33,9-27)10-35-23/h1-5,12-23,25-33H,6-10H2/t12-,13-,14-,15-,16+,17-,18+,19-,20+,21+,22-,23+,24-/m1/s1. The summed E-state index contributed by atoms with van der Waals surface area (Å²) in [5.74, 6) is 0. The largest absolute Gasteiger partial charge is 0.394 e. The van der Waals surface area contributed by atoms with E-state index < -0.39 is 106 Å². The highest BCUT2D eigenvalue weighted by atomic mass is 16.8. The average Bonchev–Trinajstić information content (AvgIpc) is 3.24. The van der Waals surface area contributed by atoms with Crippen LogP contribution in [-0.2, 0) is 35.0 Å². The molecule has 0 bridgehead atoms. The zero-order valence-electron chi connectivity index (χ0n) is 20.8. The predicted molar refractivity (Wildman–Crippen MR) is 124 cm³/mol. The first-order valence-corrected chi connectivity index (χ1v) is 12.5. The number of hydrogen-bond acceptors (Lipinski definition) is 15. The molecule has 0 aliphatic carbocycles. The molecule has 3 fully saturated rings. The normalized spacial score (nSPS) is 44.9. The second-order valence-electron chi connectivity index (χ2n) is 9.80. The van der Waals surface area contributed by atoms with Gasteiger partial charge in [0.05, 0.1) is 33.0 Å². The quantitative estimate of drug-likeness (QED) is 0.130. The first-order chi connectivity index (χ1) is 18.6. The van der Waals surface area contributed by atoms with Gasteiger partial charge in [-0.15, -0.1) is 0 Å². The highest BCUT2D eigenvalue weighted by Gasteiger charge is 2.55. The third-order valence-electron chi connectivity index (χ3n) is 7.07. The first-order valence-electron chi connectivity index (χ1n) is 12.5. The molecule has 3 aliphatic heterocycles. The van der Waals surface area contributed by atoms with Gasteiger partial charge in [-0.1, -0.05) is 30.3 Å². The minimum atomic E-state index is -2.04. The number of ether oxygens (including phenoxy) is 6. The maximum Gasteiger partial charge on any atom is 0.187 e. The van der Waals surface area contributed by atoms with E-state index in [1.165, 1.54) is 0 Å². The lowest BCUT2D eigenvalue weighted by Crippen LogP contribution is -2.66. The molecule has 0 spiro atoms. The molecule has 13 atom stereocenters. The highest BCUT2D eigenvalue weighted by Crippen LogP contribution is 2.34. The van der Waals surface area contributed by atoms with E-state index in [-0.39, 0.29) is 6.61 Å². The molecular formula is C24H36O15. The molecule has 222 valence electrons. The lowest BCUT2D eigenvalue weighted by molar-refractivity contribution is -0.378. The summed E-state index contributed by atoms with van der Waals surface area (Å²) in [4.78, 5) is 0. The fraction of sp³-hybridized carbons (Fsp3) is 0.750. The third-order valence-corrected chi connectivity index (χ3v) is 7.07. The fourth-order valence-corrected chi connectivity index (χ4v) is 4.63. The lowest BCUT2D eigenvalue weighted by atomic mass is 9.96. The molecule has 15 heteroatoms. The van der Waals surface area contributed by atoms with E-state index in [9.17, 15) is 46.0 Å². The van der Waals surface area contributed by atoms with Crippen LogP contribution < -0.4 is 0 Å². The summed E-state index contributed by atoms with van der Waals surface area (Å²) in [6, 6.07) is 8.89. The van der Waals surface area contributed by atoms with Crippen molar-refractivity contribution in [3.05, 3.63) is 35.9 Å². The van der Waals surface area contributed by atoms with Crippen molar-refractivity contribution in [3.8, 4) is 0 Å². The molecular weight excluding hydrogens is 528 g/mol. The summed E-state index contributed by atoms with van der Waals surface area (Å²) < 4.78 is 34.0. The van der Waals surface area contributed by atoms with Crippen LogP contribution >= 0.6 is 0 Å². The monoisotopic (exact) mass is 564 g/mol. The van der Waals surface area contributed by atoms with Crippen molar-refractivity contribution in [2.45, 2.75) is 86.0 Å². The van der Waals surface area contributed by atoms with Crippen LogP contribution in [0.5, 0.6) is 0 Å². The molecule has 0 amide bonds. The van der Waals surface area contributed by atoms with Gasteiger partial charge < -0.3 is 74.4 Å². The van der Waals surface area contributed by atoms with E-state index >= 15 is 0 Å². The van der Waals surface area contributed by atoms with Gasteiger partial charge in [-0.2, -0.15) is 0 Å².